The van der Waals surface area contributed by atoms with Gasteiger partial charge in [-0.15, -0.1) is 0 Å². The van der Waals surface area contributed by atoms with Crippen LogP contribution in [0.2, 0.25) is 0 Å². The zero-order chi connectivity index (χ0) is 10.2. The van der Waals surface area contributed by atoms with Gasteiger partial charge in [-0.05, 0) is 12.1 Å². The second-order valence-electron chi connectivity index (χ2n) is 2.41. The van der Waals surface area contributed by atoms with Crippen molar-refractivity contribution in [3.8, 4) is 0 Å². The number of rotatable bonds is 6. The van der Waals surface area contributed by atoms with Crippen LogP contribution in [-0.2, 0) is 13.3 Å². The molecule has 0 aliphatic rings. The minimum Gasteiger partial charge on any atom is -0.374 e. The van der Waals surface area contributed by atoms with Gasteiger partial charge in [0.15, 0.2) is 0 Å². The lowest BCUT2D eigenvalue weighted by atomic mass is 10.4. The predicted molar refractivity (Wildman–Crippen MR) is 55.4 cm³/mol. The maximum Gasteiger partial charge on any atom is 0.528 e. The quantitative estimate of drug-likeness (QED) is 0.486. The lowest BCUT2D eigenvalue weighted by molar-refractivity contribution is 0.138. The Morgan fingerprint density at radius 2 is 1.54 bits per heavy atom. The Morgan fingerprint density at radius 1 is 1.00 bits per heavy atom. The molecule has 0 heterocycles. The summed E-state index contributed by atoms with van der Waals surface area (Å²) in [4.78, 5) is 0. The number of allylic oxidation sites excluding steroid dienone is 3. The lowest BCUT2D eigenvalue weighted by Crippen LogP contribution is -2.40. The molecular formula is C9H18O3Si. The molecule has 4 heteroatoms. The van der Waals surface area contributed by atoms with Crippen LogP contribution in [-0.4, -0.2) is 30.1 Å². The maximum atomic E-state index is 5.19. The second kappa shape index (κ2) is 7.03. The zero-order valence-corrected chi connectivity index (χ0v) is 9.74. The summed E-state index contributed by atoms with van der Waals surface area (Å²) >= 11 is 0. The van der Waals surface area contributed by atoms with Gasteiger partial charge in [0.2, 0.25) is 0 Å². The van der Waals surface area contributed by atoms with Gasteiger partial charge in [-0.2, -0.15) is 0 Å². The fourth-order valence-electron chi connectivity index (χ4n) is 0.842. The molecule has 0 fully saturated rings. The van der Waals surface area contributed by atoms with Crippen LogP contribution in [0, 0.1) is 0 Å². The standard InChI is InChI=1S/C9H18O3Si/c1-5-6-7-8-9-13(10-2,11-3)12-4/h6-9H,5H2,1-4H3. The third-order valence-electron chi connectivity index (χ3n) is 1.64. The molecule has 0 aromatic heterocycles. The smallest absolute Gasteiger partial charge is 0.374 e. The van der Waals surface area contributed by atoms with Crippen molar-refractivity contribution in [2.24, 2.45) is 0 Å². The molecule has 76 valence electrons. The first-order chi connectivity index (χ1) is 6.24. The molecule has 0 spiro atoms. The Hall–Kier alpha value is -0.423. The van der Waals surface area contributed by atoms with Gasteiger partial charge in [0.05, 0.1) is 0 Å². The Balaban J connectivity index is 4.23. The summed E-state index contributed by atoms with van der Waals surface area (Å²) in [7, 11) is 2.27. The second-order valence-corrected chi connectivity index (χ2v) is 5.18. The number of hydrogen-bond acceptors (Lipinski definition) is 3. The van der Waals surface area contributed by atoms with Gasteiger partial charge in [0.1, 0.15) is 0 Å². The zero-order valence-electron chi connectivity index (χ0n) is 8.74. The van der Waals surface area contributed by atoms with Gasteiger partial charge in [-0.25, -0.2) is 0 Å². The molecule has 0 aliphatic heterocycles. The van der Waals surface area contributed by atoms with E-state index in [1.165, 1.54) is 0 Å². The van der Waals surface area contributed by atoms with E-state index >= 15 is 0 Å². The minimum absolute atomic E-state index is 1.02. The van der Waals surface area contributed by atoms with Crippen LogP contribution in [0.25, 0.3) is 0 Å². The first-order valence-corrected chi connectivity index (χ1v) is 6.04. The van der Waals surface area contributed by atoms with Crippen LogP contribution in [0.5, 0.6) is 0 Å². The van der Waals surface area contributed by atoms with Crippen molar-refractivity contribution < 1.29 is 13.3 Å². The molecule has 0 bridgehead atoms. The molecule has 0 saturated heterocycles. The van der Waals surface area contributed by atoms with Gasteiger partial charge in [-0.1, -0.05) is 25.2 Å². The van der Waals surface area contributed by atoms with Crippen LogP contribution in [0.1, 0.15) is 13.3 Å². The van der Waals surface area contributed by atoms with E-state index in [-0.39, 0.29) is 0 Å². The highest BCUT2D eigenvalue weighted by Gasteiger charge is 2.33. The average molecular weight is 202 g/mol. The molecule has 0 amide bonds. The fourth-order valence-corrected chi connectivity index (χ4v) is 2.10. The van der Waals surface area contributed by atoms with E-state index in [0.717, 1.165) is 6.42 Å². The SMILES string of the molecule is CCC=CC=C[Si](OC)(OC)OC. The summed E-state index contributed by atoms with van der Waals surface area (Å²) in [5, 5.41) is 0. The summed E-state index contributed by atoms with van der Waals surface area (Å²) in [5.41, 5.74) is 1.85. The third kappa shape index (κ3) is 4.38. The molecule has 0 aromatic carbocycles. The average Bonchev–Trinajstić information content (AvgIpc) is 2.20. The Kier molecular flexibility index (Phi) is 6.80. The Bertz CT molecular complexity index is 165. The highest BCUT2D eigenvalue weighted by Crippen LogP contribution is 2.07. The van der Waals surface area contributed by atoms with Crippen LogP contribution < -0.4 is 0 Å². The molecule has 0 N–H and O–H groups in total. The topological polar surface area (TPSA) is 27.7 Å². The molecule has 0 saturated carbocycles. The van der Waals surface area contributed by atoms with Crippen molar-refractivity contribution in [2.75, 3.05) is 21.3 Å². The normalized spacial score (nSPS) is 13.2. The molecule has 0 aliphatic carbocycles. The van der Waals surface area contributed by atoms with Gasteiger partial charge < -0.3 is 13.3 Å². The molecule has 0 atom stereocenters. The highest BCUT2D eigenvalue weighted by atomic mass is 28.4. The minimum atomic E-state index is -2.50. The van der Waals surface area contributed by atoms with Crippen LogP contribution >= 0.6 is 0 Å². The Morgan fingerprint density at radius 3 is 1.92 bits per heavy atom. The van der Waals surface area contributed by atoms with Gasteiger partial charge in [0.25, 0.3) is 0 Å². The molecular weight excluding hydrogens is 184 g/mol. The van der Waals surface area contributed by atoms with Crippen LogP contribution in [0.4, 0.5) is 0 Å². The van der Waals surface area contributed by atoms with Gasteiger partial charge >= 0.3 is 8.80 Å². The van der Waals surface area contributed by atoms with E-state index in [4.69, 9.17) is 13.3 Å². The first kappa shape index (κ1) is 12.6. The third-order valence-corrected chi connectivity index (χ3v) is 3.94. The summed E-state index contributed by atoms with van der Waals surface area (Å²) in [6.45, 7) is 2.08. The molecule has 0 radical (unpaired) electrons. The van der Waals surface area contributed by atoms with E-state index in [1.54, 1.807) is 21.3 Å². The van der Waals surface area contributed by atoms with E-state index in [2.05, 4.69) is 13.0 Å². The molecule has 0 unspecified atom stereocenters. The van der Waals surface area contributed by atoms with Crippen molar-refractivity contribution in [3.63, 3.8) is 0 Å². The van der Waals surface area contributed by atoms with E-state index in [9.17, 15) is 0 Å². The molecule has 13 heavy (non-hydrogen) atoms. The maximum absolute atomic E-state index is 5.19. The number of hydrogen-bond donors (Lipinski definition) is 0. The largest absolute Gasteiger partial charge is 0.528 e. The van der Waals surface area contributed by atoms with Gasteiger partial charge in [-0.3, -0.25) is 0 Å². The monoisotopic (exact) mass is 202 g/mol. The summed E-state index contributed by atoms with van der Waals surface area (Å²) in [5.74, 6) is 0. The van der Waals surface area contributed by atoms with Crippen molar-refractivity contribution in [3.05, 3.63) is 23.9 Å². The Labute approximate surface area is 81.4 Å². The summed E-state index contributed by atoms with van der Waals surface area (Å²) < 4.78 is 15.6. The molecule has 3 nitrogen and oxygen atoms in total. The molecule has 0 aromatic rings. The van der Waals surface area contributed by atoms with Crippen molar-refractivity contribution >= 4 is 8.80 Å². The van der Waals surface area contributed by atoms with E-state index in [1.807, 2.05) is 17.9 Å². The first-order valence-electron chi connectivity index (χ1n) is 4.24. The van der Waals surface area contributed by atoms with Crippen LogP contribution in [0.3, 0.4) is 0 Å². The summed E-state index contributed by atoms with van der Waals surface area (Å²) in [6.07, 6.45) is 6.92. The van der Waals surface area contributed by atoms with Crippen molar-refractivity contribution in [1.29, 1.82) is 0 Å². The molecule has 0 rings (SSSR count). The van der Waals surface area contributed by atoms with Gasteiger partial charge in [0, 0.05) is 21.3 Å². The summed E-state index contributed by atoms with van der Waals surface area (Å²) in [6, 6.07) is 0. The highest BCUT2D eigenvalue weighted by molar-refractivity contribution is 6.66. The lowest BCUT2D eigenvalue weighted by Gasteiger charge is -2.19. The van der Waals surface area contributed by atoms with E-state index in [0.29, 0.717) is 0 Å². The van der Waals surface area contributed by atoms with Crippen molar-refractivity contribution in [1.82, 2.24) is 0 Å². The predicted octanol–water partition coefficient (Wildman–Crippen LogP) is 1.93. The fraction of sp³-hybridized carbons (Fsp3) is 0.556. The van der Waals surface area contributed by atoms with Crippen LogP contribution in [0.15, 0.2) is 23.9 Å². The van der Waals surface area contributed by atoms with Crippen molar-refractivity contribution in [2.45, 2.75) is 13.3 Å². The van der Waals surface area contributed by atoms with E-state index < -0.39 is 8.80 Å².